The quantitative estimate of drug-likeness (QED) is 0.599. The third-order valence-corrected chi connectivity index (χ3v) is 2.59. The predicted octanol–water partition coefficient (Wildman–Crippen LogP) is 1.72. The lowest BCUT2D eigenvalue weighted by atomic mass is 10.1. The summed E-state index contributed by atoms with van der Waals surface area (Å²) in [6, 6.07) is 7.32. The number of carboxylic acid groups (broad SMARTS) is 1. The second-order valence-electron chi connectivity index (χ2n) is 3.69. The molecule has 1 aromatic rings. The fraction of sp³-hybridized carbons (Fsp3) is 0.0769. The molecule has 0 aliphatic heterocycles. The van der Waals surface area contributed by atoms with Crippen molar-refractivity contribution >= 4 is 17.3 Å². The van der Waals surface area contributed by atoms with Crippen LogP contribution in [0.25, 0.3) is 5.57 Å². The van der Waals surface area contributed by atoms with Gasteiger partial charge in [0.15, 0.2) is 5.78 Å². The van der Waals surface area contributed by atoms with Gasteiger partial charge in [-0.2, -0.15) is 0 Å². The number of aliphatic hydroxyl groups is 1. The van der Waals surface area contributed by atoms with Gasteiger partial charge in [-0.15, -0.1) is 0 Å². The highest BCUT2D eigenvalue weighted by Crippen LogP contribution is 2.29. The molecule has 0 saturated heterocycles. The van der Waals surface area contributed by atoms with Gasteiger partial charge in [0.1, 0.15) is 0 Å². The number of fused-ring (bicyclic) bond motifs is 1. The maximum atomic E-state index is 11.7. The SMILES string of the molecule is O=C(O)/C(O)=C/C=C1/C(=O)Cc2ccccc21. The Balaban J connectivity index is 2.40. The fourth-order valence-corrected chi connectivity index (χ4v) is 1.77. The van der Waals surface area contributed by atoms with Crippen LogP contribution in [0.1, 0.15) is 11.1 Å². The monoisotopic (exact) mass is 230 g/mol. The Labute approximate surface area is 97.5 Å². The Morgan fingerprint density at radius 1 is 1.24 bits per heavy atom. The van der Waals surface area contributed by atoms with Crippen LogP contribution in [0, 0.1) is 0 Å². The zero-order valence-corrected chi connectivity index (χ0v) is 8.88. The summed E-state index contributed by atoms with van der Waals surface area (Å²) in [5.74, 6) is -2.27. The zero-order valence-electron chi connectivity index (χ0n) is 8.88. The Morgan fingerprint density at radius 2 is 1.94 bits per heavy atom. The summed E-state index contributed by atoms with van der Waals surface area (Å²) in [4.78, 5) is 22.1. The number of carbonyl (C=O) groups is 2. The molecule has 0 fully saturated rings. The topological polar surface area (TPSA) is 74.6 Å². The van der Waals surface area contributed by atoms with Crippen molar-refractivity contribution in [3.05, 3.63) is 53.3 Å². The summed E-state index contributed by atoms with van der Waals surface area (Å²) in [5.41, 5.74) is 2.16. The molecule has 0 aromatic heterocycles. The van der Waals surface area contributed by atoms with Crippen LogP contribution in [0.2, 0.25) is 0 Å². The van der Waals surface area contributed by atoms with Gasteiger partial charge in [0.05, 0.1) is 0 Å². The minimum Gasteiger partial charge on any atom is -0.502 e. The van der Waals surface area contributed by atoms with Crippen LogP contribution in [0.15, 0.2) is 42.2 Å². The van der Waals surface area contributed by atoms with Crippen molar-refractivity contribution < 1.29 is 19.8 Å². The van der Waals surface area contributed by atoms with Gasteiger partial charge in [0, 0.05) is 12.0 Å². The summed E-state index contributed by atoms with van der Waals surface area (Å²) in [6.45, 7) is 0. The summed E-state index contributed by atoms with van der Waals surface area (Å²) in [6.07, 6.45) is 2.69. The number of aliphatic carboxylic acids is 1. The zero-order chi connectivity index (χ0) is 12.4. The highest BCUT2D eigenvalue weighted by atomic mass is 16.4. The first-order valence-corrected chi connectivity index (χ1v) is 5.05. The van der Waals surface area contributed by atoms with Crippen molar-refractivity contribution in [2.24, 2.45) is 0 Å². The molecule has 2 N–H and O–H groups in total. The molecule has 1 aliphatic rings. The van der Waals surface area contributed by atoms with Crippen molar-refractivity contribution in [2.45, 2.75) is 6.42 Å². The normalized spacial score (nSPS) is 17.3. The van der Waals surface area contributed by atoms with E-state index < -0.39 is 11.7 Å². The van der Waals surface area contributed by atoms with E-state index in [4.69, 9.17) is 10.2 Å². The first-order chi connectivity index (χ1) is 8.09. The third kappa shape index (κ3) is 2.10. The minimum absolute atomic E-state index is 0.0689. The van der Waals surface area contributed by atoms with Gasteiger partial charge in [-0.05, 0) is 23.3 Å². The number of aliphatic hydroxyl groups excluding tert-OH is 1. The van der Waals surface area contributed by atoms with Crippen molar-refractivity contribution in [3.8, 4) is 0 Å². The first-order valence-electron chi connectivity index (χ1n) is 5.05. The van der Waals surface area contributed by atoms with Crippen molar-refractivity contribution in [1.82, 2.24) is 0 Å². The number of carbonyl (C=O) groups excluding carboxylic acids is 1. The van der Waals surface area contributed by atoms with E-state index in [0.717, 1.165) is 17.2 Å². The van der Waals surface area contributed by atoms with E-state index in [0.29, 0.717) is 12.0 Å². The first kappa shape index (κ1) is 11.1. The Kier molecular flexibility index (Phi) is 2.78. The molecule has 0 bridgehead atoms. The van der Waals surface area contributed by atoms with Gasteiger partial charge in [0.25, 0.3) is 0 Å². The van der Waals surface area contributed by atoms with Crippen molar-refractivity contribution in [1.29, 1.82) is 0 Å². The standard InChI is InChI=1S/C13H10O4/c14-11(13(16)17)6-5-10-9-4-2-1-3-8(9)7-12(10)15/h1-6,14H,7H2,(H,16,17)/b10-5+,11-6-. The predicted molar refractivity (Wildman–Crippen MR) is 61.5 cm³/mol. The molecular formula is C13H10O4. The molecule has 1 aromatic carbocycles. The van der Waals surface area contributed by atoms with Gasteiger partial charge < -0.3 is 10.2 Å². The fourth-order valence-electron chi connectivity index (χ4n) is 1.77. The summed E-state index contributed by atoms with van der Waals surface area (Å²) >= 11 is 0. The second kappa shape index (κ2) is 4.25. The molecule has 0 atom stereocenters. The van der Waals surface area contributed by atoms with Gasteiger partial charge >= 0.3 is 5.97 Å². The maximum absolute atomic E-state index is 11.7. The number of hydrogen-bond acceptors (Lipinski definition) is 3. The molecule has 86 valence electrons. The molecule has 0 radical (unpaired) electrons. The number of allylic oxidation sites excluding steroid dienone is 3. The van der Waals surface area contributed by atoms with E-state index in [9.17, 15) is 9.59 Å². The van der Waals surface area contributed by atoms with Crippen molar-refractivity contribution in [3.63, 3.8) is 0 Å². The molecule has 1 aliphatic carbocycles. The Bertz CT molecular complexity index is 552. The minimum atomic E-state index is -1.42. The highest BCUT2D eigenvalue weighted by Gasteiger charge is 2.23. The van der Waals surface area contributed by atoms with E-state index in [-0.39, 0.29) is 5.78 Å². The Hall–Kier alpha value is -2.36. The number of carboxylic acids is 1. The number of ketones is 1. The lowest BCUT2D eigenvalue weighted by Crippen LogP contribution is -1.98. The third-order valence-electron chi connectivity index (χ3n) is 2.59. The van der Waals surface area contributed by atoms with Crippen LogP contribution >= 0.6 is 0 Å². The van der Waals surface area contributed by atoms with Crippen LogP contribution in [0.4, 0.5) is 0 Å². The summed E-state index contributed by atoms with van der Waals surface area (Å²) in [5, 5.41) is 17.5. The van der Waals surface area contributed by atoms with Crippen LogP contribution < -0.4 is 0 Å². The summed E-state index contributed by atoms with van der Waals surface area (Å²) in [7, 11) is 0. The molecule has 0 unspecified atom stereocenters. The van der Waals surface area contributed by atoms with Crippen molar-refractivity contribution in [2.75, 3.05) is 0 Å². The molecule has 0 spiro atoms. The van der Waals surface area contributed by atoms with Gasteiger partial charge in [-0.25, -0.2) is 4.79 Å². The highest BCUT2D eigenvalue weighted by molar-refractivity contribution is 6.25. The van der Waals surface area contributed by atoms with Gasteiger partial charge in [-0.3, -0.25) is 4.79 Å². The van der Waals surface area contributed by atoms with Gasteiger partial charge in [0.2, 0.25) is 5.76 Å². The average Bonchev–Trinajstić information content (AvgIpc) is 2.61. The van der Waals surface area contributed by atoms with Crippen LogP contribution in [0.5, 0.6) is 0 Å². The van der Waals surface area contributed by atoms with Crippen LogP contribution in [0.3, 0.4) is 0 Å². The lowest BCUT2D eigenvalue weighted by Gasteiger charge is -1.97. The van der Waals surface area contributed by atoms with E-state index in [2.05, 4.69) is 0 Å². The molecule has 0 saturated carbocycles. The number of Topliss-reactive ketones (excluding diaryl/α,β-unsaturated/α-hetero) is 1. The average molecular weight is 230 g/mol. The van der Waals surface area contributed by atoms with Crippen LogP contribution in [-0.4, -0.2) is 22.0 Å². The second-order valence-corrected chi connectivity index (χ2v) is 3.69. The number of rotatable bonds is 2. The molecule has 2 rings (SSSR count). The van der Waals surface area contributed by atoms with E-state index in [1.165, 1.54) is 6.08 Å². The molecule has 0 amide bonds. The smallest absolute Gasteiger partial charge is 0.370 e. The molecule has 4 heteroatoms. The molecule has 0 heterocycles. The molecular weight excluding hydrogens is 220 g/mol. The van der Waals surface area contributed by atoms with E-state index >= 15 is 0 Å². The molecule has 17 heavy (non-hydrogen) atoms. The van der Waals surface area contributed by atoms with Crippen LogP contribution in [-0.2, 0) is 16.0 Å². The molecule has 4 nitrogen and oxygen atoms in total. The lowest BCUT2D eigenvalue weighted by molar-refractivity contribution is -0.135. The van der Waals surface area contributed by atoms with E-state index in [1.54, 1.807) is 6.07 Å². The number of benzene rings is 1. The maximum Gasteiger partial charge on any atom is 0.370 e. The summed E-state index contributed by atoms with van der Waals surface area (Å²) < 4.78 is 0. The number of hydrogen-bond donors (Lipinski definition) is 2. The Morgan fingerprint density at radius 3 is 2.65 bits per heavy atom. The van der Waals surface area contributed by atoms with Gasteiger partial charge in [-0.1, -0.05) is 24.3 Å². The van der Waals surface area contributed by atoms with E-state index in [1.807, 2.05) is 18.2 Å². The largest absolute Gasteiger partial charge is 0.502 e.